The molecule has 0 saturated carbocycles. The largest absolute Gasteiger partial charge is 0.454 e. The Morgan fingerprint density at radius 3 is 2.58 bits per heavy atom. The summed E-state index contributed by atoms with van der Waals surface area (Å²) in [7, 11) is 0. The second kappa shape index (κ2) is 6.25. The number of ether oxygens (including phenoxy) is 2. The van der Waals surface area contributed by atoms with Gasteiger partial charge in [0.15, 0.2) is 15.8 Å². The van der Waals surface area contributed by atoms with E-state index in [1.165, 1.54) is 13.8 Å². The third-order valence-electron chi connectivity index (χ3n) is 3.26. The molecule has 0 bridgehead atoms. The molecule has 124 valence electrons. The van der Waals surface area contributed by atoms with Crippen LogP contribution in [0.3, 0.4) is 0 Å². The zero-order chi connectivity index (χ0) is 17.4. The summed E-state index contributed by atoms with van der Waals surface area (Å²) >= 11 is 6.17. The highest BCUT2D eigenvalue weighted by Gasteiger charge is 2.39. The van der Waals surface area contributed by atoms with Crippen LogP contribution in [0, 0.1) is 0 Å². The van der Waals surface area contributed by atoms with Crippen LogP contribution in [-0.4, -0.2) is 38.9 Å². The fourth-order valence-corrected chi connectivity index (χ4v) is 3.53. The predicted molar refractivity (Wildman–Crippen MR) is 90.8 cm³/mol. The Morgan fingerprint density at radius 2 is 1.92 bits per heavy atom. The molecular weight excluding hydrogens is 352 g/mol. The van der Waals surface area contributed by atoms with Gasteiger partial charge in [-0.2, -0.15) is 10.0 Å². The number of nitrogens with zero attached hydrogens (tertiary/aromatic N) is 2. The van der Waals surface area contributed by atoms with Gasteiger partial charge in [-0.3, -0.25) is 14.4 Å². The Balaban J connectivity index is 1.91. The van der Waals surface area contributed by atoms with Crippen LogP contribution in [0.2, 0.25) is 0 Å². The van der Waals surface area contributed by atoms with Crippen LogP contribution in [0.4, 0.5) is 0 Å². The molecule has 0 radical (unpaired) electrons. The van der Waals surface area contributed by atoms with Gasteiger partial charge < -0.3 is 9.47 Å². The number of fused-ring (bicyclic) bond motifs is 1. The summed E-state index contributed by atoms with van der Waals surface area (Å²) < 4.78 is 10.7. The van der Waals surface area contributed by atoms with Crippen LogP contribution < -0.4 is 9.47 Å². The smallest absolute Gasteiger partial charge is 0.285 e. The number of imide groups is 1. The molecule has 3 rings (SSSR count). The molecule has 0 spiro atoms. The van der Waals surface area contributed by atoms with E-state index in [9.17, 15) is 14.4 Å². The topological polar surface area (TPSA) is 76.2 Å². The minimum atomic E-state index is -0.580. The van der Waals surface area contributed by atoms with Gasteiger partial charge in [0.05, 0.1) is 4.91 Å². The van der Waals surface area contributed by atoms with Gasteiger partial charge in [0.2, 0.25) is 18.6 Å². The van der Waals surface area contributed by atoms with Gasteiger partial charge in [0.25, 0.3) is 5.91 Å². The average molecular weight is 364 g/mol. The summed E-state index contributed by atoms with van der Waals surface area (Å²) in [6, 6.07) is 5.25. The lowest BCUT2D eigenvalue weighted by Crippen LogP contribution is -2.50. The fourth-order valence-electron chi connectivity index (χ4n) is 2.29. The van der Waals surface area contributed by atoms with Crippen LogP contribution in [-0.2, 0) is 14.4 Å². The molecular formula is C15H12N2O5S2. The molecule has 1 aromatic carbocycles. The minimum absolute atomic E-state index is 0.123. The summed E-state index contributed by atoms with van der Waals surface area (Å²) in [5.41, 5.74) is 0.719. The minimum Gasteiger partial charge on any atom is -0.454 e. The molecule has 2 aliphatic rings. The molecule has 3 amide bonds. The average Bonchev–Trinajstić information content (AvgIpc) is 3.06. The predicted octanol–water partition coefficient (Wildman–Crippen LogP) is 1.93. The molecule has 9 heteroatoms. The van der Waals surface area contributed by atoms with E-state index in [0.29, 0.717) is 16.4 Å². The zero-order valence-corrected chi connectivity index (χ0v) is 14.4. The van der Waals surface area contributed by atoms with E-state index in [4.69, 9.17) is 21.7 Å². The molecule has 0 aromatic heterocycles. The molecule has 0 atom stereocenters. The number of thioether (sulfide) groups is 1. The second-order valence-electron chi connectivity index (χ2n) is 4.96. The molecule has 1 fully saturated rings. The molecule has 24 heavy (non-hydrogen) atoms. The molecule has 0 aliphatic carbocycles. The lowest BCUT2D eigenvalue weighted by atomic mass is 10.2. The first kappa shape index (κ1) is 16.5. The number of carbonyl (C=O) groups is 3. The summed E-state index contributed by atoms with van der Waals surface area (Å²) in [6.45, 7) is 2.55. The maximum Gasteiger partial charge on any atom is 0.285 e. The van der Waals surface area contributed by atoms with E-state index in [-0.39, 0.29) is 11.1 Å². The zero-order valence-electron chi connectivity index (χ0n) is 12.8. The maximum absolute atomic E-state index is 12.6. The Morgan fingerprint density at radius 1 is 1.25 bits per heavy atom. The summed E-state index contributed by atoms with van der Waals surface area (Å²) in [6.07, 6.45) is 1.62. The lowest BCUT2D eigenvalue weighted by molar-refractivity contribution is -0.160. The molecule has 1 saturated heterocycles. The first-order chi connectivity index (χ1) is 11.4. The third-order valence-corrected chi connectivity index (χ3v) is 4.55. The van der Waals surface area contributed by atoms with Gasteiger partial charge in [-0.05, 0) is 36.0 Å². The molecule has 7 nitrogen and oxygen atoms in total. The van der Waals surface area contributed by atoms with E-state index >= 15 is 0 Å². The highest BCUT2D eigenvalue weighted by molar-refractivity contribution is 8.26. The number of thiocarbonyl (C=S) groups is 1. The molecule has 1 aromatic rings. The first-order valence-corrected chi connectivity index (χ1v) is 8.09. The van der Waals surface area contributed by atoms with Crippen LogP contribution in [0.5, 0.6) is 11.5 Å². The summed E-state index contributed by atoms with van der Waals surface area (Å²) in [4.78, 5) is 36.2. The van der Waals surface area contributed by atoms with E-state index in [0.717, 1.165) is 27.3 Å². The van der Waals surface area contributed by atoms with Crippen molar-refractivity contribution < 1.29 is 23.9 Å². The van der Waals surface area contributed by atoms with Crippen molar-refractivity contribution >= 4 is 52.1 Å². The van der Waals surface area contributed by atoms with Gasteiger partial charge in [-0.1, -0.05) is 17.8 Å². The molecule has 0 N–H and O–H groups in total. The summed E-state index contributed by atoms with van der Waals surface area (Å²) in [5.74, 6) is -0.452. The Kier molecular flexibility index (Phi) is 4.29. The van der Waals surface area contributed by atoms with Crippen molar-refractivity contribution in [2.45, 2.75) is 13.8 Å². The number of amides is 3. The molecule has 2 aliphatic heterocycles. The Hall–Kier alpha value is -2.39. The normalized spacial score (nSPS) is 17.6. The van der Waals surface area contributed by atoms with Gasteiger partial charge in [0, 0.05) is 13.8 Å². The standard InChI is InChI=1S/C15H12N2O5S2/c1-8(18)16(9(2)19)17-14(20)13(24-15(17)23)6-10-3-4-11-12(5-10)22-7-21-11/h3-6H,7H2,1-2H3. The van der Waals surface area contributed by atoms with Crippen molar-refractivity contribution in [3.63, 3.8) is 0 Å². The fraction of sp³-hybridized carbons (Fsp3) is 0.200. The van der Waals surface area contributed by atoms with Gasteiger partial charge in [-0.15, -0.1) is 0 Å². The van der Waals surface area contributed by atoms with E-state index < -0.39 is 17.7 Å². The van der Waals surface area contributed by atoms with E-state index in [1.807, 2.05) is 0 Å². The molecule has 0 unspecified atom stereocenters. The first-order valence-electron chi connectivity index (χ1n) is 6.87. The highest BCUT2D eigenvalue weighted by Crippen LogP contribution is 2.36. The van der Waals surface area contributed by atoms with Crippen LogP contribution >= 0.6 is 24.0 Å². The van der Waals surface area contributed by atoms with Crippen molar-refractivity contribution in [1.82, 2.24) is 10.0 Å². The number of hydrogen-bond acceptors (Lipinski definition) is 7. The van der Waals surface area contributed by atoms with Crippen molar-refractivity contribution in [1.29, 1.82) is 0 Å². The molecule has 2 heterocycles. The van der Waals surface area contributed by atoms with E-state index in [1.54, 1.807) is 24.3 Å². The number of rotatable bonds is 2. The number of benzene rings is 1. The van der Waals surface area contributed by atoms with Crippen LogP contribution in [0.15, 0.2) is 23.1 Å². The van der Waals surface area contributed by atoms with Gasteiger partial charge >= 0.3 is 0 Å². The van der Waals surface area contributed by atoms with Crippen LogP contribution in [0.25, 0.3) is 6.08 Å². The second-order valence-corrected chi connectivity index (χ2v) is 6.63. The van der Waals surface area contributed by atoms with Crippen molar-refractivity contribution in [3.05, 3.63) is 28.7 Å². The van der Waals surface area contributed by atoms with Crippen molar-refractivity contribution in [2.75, 3.05) is 6.79 Å². The number of carbonyl (C=O) groups excluding carboxylic acids is 3. The lowest BCUT2D eigenvalue weighted by Gasteiger charge is -2.26. The quantitative estimate of drug-likeness (QED) is 0.586. The van der Waals surface area contributed by atoms with Gasteiger partial charge in [-0.25, -0.2) is 0 Å². The Labute approximate surface area is 147 Å². The van der Waals surface area contributed by atoms with Crippen molar-refractivity contribution in [2.24, 2.45) is 0 Å². The Bertz CT molecular complexity index is 791. The maximum atomic E-state index is 12.6. The number of hydrazine groups is 1. The monoisotopic (exact) mass is 364 g/mol. The van der Waals surface area contributed by atoms with Gasteiger partial charge in [0.1, 0.15) is 0 Å². The van der Waals surface area contributed by atoms with Crippen molar-refractivity contribution in [3.8, 4) is 11.5 Å². The highest BCUT2D eigenvalue weighted by atomic mass is 32.2. The summed E-state index contributed by atoms with van der Waals surface area (Å²) in [5, 5.41) is 1.65. The third kappa shape index (κ3) is 2.87. The SMILES string of the molecule is CC(=O)N(C(C)=O)N1C(=O)C(=Cc2ccc3c(c2)OCO3)SC1=S. The number of hydrogen-bond donors (Lipinski definition) is 0. The van der Waals surface area contributed by atoms with Crippen LogP contribution in [0.1, 0.15) is 19.4 Å². The van der Waals surface area contributed by atoms with E-state index in [2.05, 4.69) is 0 Å².